The Morgan fingerprint density at radius 3 is 2.67 bits per heavy atom. The summed E-state index contributed by atoms with van der Waals surface area (Å²) in [6, 6.07) is 8.45. The molecule has 110 valence electrons. The molecule has 0 aliphatic carbocycles. The van der Waals surface area contributed by atoms with Gasteiger partial charge in [-0.25, -0.2) is 4.39 Å². The molecular formula is C14H11BrClFN2O2. The van der Waals surface area contributed by atoms with Crippen molar-refractivity contribution < 1.29 is 9.31 Å². The van der Waals surface area contributed by atoms with E-state index < -0.39 is 16.8 Å². The zero-order valence-electron chi connectivity index (χ0n) is 10.9. The number of nitro benzene ring substituents is 1. The van der Waals surface area contributed by atoms with E-state index in [2.05, 4.69) is 21.2 Å². The van der Waals surface area contributed by atoms with Gasteiger partial charge in [-0.05, 0) is 31.2 Å². The number of hydrogen-bond acceptors (Lipinski definition) is 3. The molecule has 0 aliphatic rings. The fourth-order valence-corrected chi connectivity index (χ4v) is 2.47. The molecule has 0 saturated carbocycles. The van der Waals surface area contributed by atoms with E-state index in [9.17, 15) is 14.5 Å². The third-order valence-corrected chi connectivity index (χ3v) is 3.68. The van der Waals surface area contributed by atoms with Gasteiger partial charge in [0, 0.05) is 21.1 Å². The third-order valence-electron chi connectivity index (χ3n) is 2.96. The molecule has 0 fully saturated rings. The molecule has 21 heavy (non-hydrogen) atoms. The smallest absolute Gasteiger partial charge is 0.292 e. The summed E-state index contributed by atoms with van der Waals surface area (Å²) in [5.41, 5.74) is 0.629. The van der Waals surface area contributed by atoms with Crippen LogP contribution < -0.4 is 5.32 Å². The van der Waals surface area contributed by atoms with Crippen LogP contribution >= 0.6 is 27.5 Å². The number of hydrogen-bond donors (Lipinski definition) is 1. The first-order valence-electron chi connectivity index (χ1n) is 6.04. The van der Waals surface area contributed by atoms with Crippen molar-refractivity contribution in [3.05, 3.63) is 67.4 Å². The van der Waals surface area contributed by atoms with Crippen LogP contribution in [-0.4, -0.2) is 4.92 Å². The average Bonchev–Trinajstić information content (AvgIpc) is 2.37. The SMILES string of the molecule is C[C@@H](Nc1cc(Br)ccc1[N+](=O)[O-])c1ccc(Cl)cc1F. The second-order valence-electron chi connectivity index (χ2n) is 4.45. The molecule has 0 aromatic heterocycles. The normalized spacial score (nSPS) is 12.0. The molecule has 0 aliphatic heterocycles. The van der Waals surface area contributed by atoms with Crippen LogP contribution in [0.2, 0.25) is 5.02 Å². The summed E-state index contributed by atoms with van der Waals surface area (Å²) in [6.45, 7) is 1.72. The molecule has 2 aromatic carbocycles. The van der Waals surface area contributed by atoms with Gasteiger partial charge in [0.15, 0.2) is 0 Å². The summed E-state index contributed by atoms with van der Waals surface area (Å²) >= 11 is 8.97. The van der Waals surface area contributed by atoms with E-state index in [1.807, 2.05) is 0 Å². The van der Waals surface area contributed by atoms with Crippen LogP contribution in [0.4, 0.5) is 15.8 Å². The first-order chi connectivity index (χ1) is 9.88. The number of anilines is 1. The maximum absolute atomic E-state index is 13.9. The van der Waals surface area contributed by atoms with Crippen molar-refractivity contribution in [3.63, 3.8) is 0 Å². The lowest BCUT2D eigenvalue weighted by molar-refractivity contribution is -0.384. The molecule has 1 N–H and O–H groups in total. The average molecular weight is 374 g/mol. The maximum Gasteiger partial charge on any atom is 0.292 e. The molecular weight excluding hydrogens is 363 g/mol. The van der Waals surface area contributed by atoms with E-state index in [4.69, 9.17) is 11.6 Å². The van der Waals surface area contributed by atoms with Crippen LogP contribution in [-0.2, 0) is 0 Å². The second-order valence-corrected chi connectivity index (χ2v) is 5.80. The van der Waals surface area contributed by atoms with Crippen molar-refractivity contribution in [2.45, 2.75) is 13.0 Å². The van der Waals surface area contributed by atoms with Crippen molar-refractivity contribution in [2.24, 2.45) is 0 Å². The van der Waals surface area contributed by atoms with Crippen molar-refractivity contribution >= 4 is 38.9 Å². The number of rotatable bonds is 4. The van der Waals surface area contributed by atoms with Crippen molar-refractivity contribution in [2.75, 3.05) is 5.32 Å². The highest BCUT2D eigenvalue weighted by atomic mass is 79.9. The molecule has 0 amide bonds. The lowest BCUT2D eigenvalue weighted by Crippen LogP contribution is -2.10. The summed E-state index contributed by atoms with van der Waals surface area (Å²) in [5, 5.41) is 14.3. The fourth-order valence-electron chi connectivity index (χ4n) is 1.95. The highest BCUT2D eigenvalue weighted by molar-refractivity contribution is 9.10. The fraction of sp³-hybridized carbons (Fsp3) is 0.143. The van der Waals surface area contributed by atoms with Gasteiger partial charge in [-0.3, -0.25) is 10.1 Å². The van der Waals surface area contributed by atoms with Gasteiger partial charge in [0.2, 0.25) is 0 Å². The first-order valence-corrected chi connectivity index (χ1v) is 7.21. The van der Waals surface area contributed by atoms with E-state index in [0.717, 1.165) is 0 Å². The first kappa shape index (κ1) is 15.7. The number of nitrogens with zero attached hydrogens (tertiary/aromatic N) is 1. The van der Waals surface area contributed by atoms with Gasteiger partial charge in [0.25, 0.3) is 5.69 Å². The molecule has 4 nitrogen and oxygen atoms in total. The van der Waals surface area contributed by atoms with Crippen LogP contribution in [0.3, 0.4) is 0 Å². The van der Waals surface area contributed by atoms with E-state index >= 15 is 0 Å². The Bertz CT molecular complexity index is 697. The predicted octanol–water partition coefficient (Wildman–Crippen LogP) is 5.32. The number of nitro groups is 1. The molecule has 2 rings (SSSR count). The van der Waals surface area contributed by atoms with Crippen LogP contribution in [0.25, 0.3) is 0 Å². The summed E-state index contributed by atoms with van der Waals surface area (Å²) in [6.07, 6.45) is 0. The largest absolute Gasteiger partial charge is 0.373 e. The van der Waals surface area contributed by atoms with Crippen molar-refractivity contribution in [3.8, 4) is 0 Å². The Balaban J connectivity index is 2.33. The van der Waals surface area contributed by atoms with Gasteiger partial charge in [-0.15, -0.1) is 0 Å². The molecule has 0 heterocycles. The highest BCUT2D eigenvalue weighted by Gasteiger charge is 2.18. The Labute approximate surface area is 134 Å². The Morgan fingerprint density at radius 1 is 1.33 bits per heavy atom. The van der Waals surface area contributed by atoms with Crippen molar-refractivity contribution in [1.29, 1.82) is 0 Å². The van der Waals surface area contributed by atoms with Gasteiger partial charge in [-0.1, -0.05) is 33.6 Å². The lowest BCUT2D eigenvalue weighted by atomic mass is 10.1. The quantitative estimate of drug-likeness (QED) is 0.582. The van der Waals surface area contributed by atoms with Gasteiger partial charge in [-0.2, -0.15) is 0 Å². The predicted molar refractivity (Wildman–Crippen MR) is 84.2 cm³/mol. The number of halogens is 3. The number of benzene rings is 2. The summed E-state index contributed by atoms with van der Waals surface area (Å²) in [7, 11) is 0. The summed E-state index contributed by atoms with van der Waals surface area (Å²) in [5.74, 6) is -0.458. The van der Waals surface area contributed by atoms with Crippen LogP contribution in [0.5, 0.6) is 0 Å². The Morgan fingerprint density at radius 2 is 2.05 bits per heavy atom. The van der Waals surface area contributed by atoms with E-state index in [1.54, 1.807) is 31.2 Å². The Hall–Kier alpha value is -1.66. The van der Waals surface area contributed by atoms with Crippen molar-refractivity contribution in [1.82, 2.24) is 0 Å². The van der Waals surface area contributed by atoms with Gasteiger partial charge >= 0.3 is 0 Å². The Kier molecular flexibility index (Phi) is 4.80. The summed E-state index contributed by atoms with van der Waals surface area (Å²) in [4.78, 5) is 10.5. The van der Waals surface area contributed by atoms with E-state index in [1.165, 1.54) is 12.1 Å². The summed E-state index contributed by atoms with van der Waals surface area (Å²) < 4.78 is 14.6. The highest BCUT2D eigenvalue weighted by Crippen LogP contribution is 2.31. The minimum atomic E-state index is -0.486. The molecule has 2 aromatic rings. The van der Waals surface area contributed by atoms with E-state index in [0.29, 0.717) is 20.7 Å². The molecule has 0 bridgehead atoms. The van der Waals surface area contributed by atoms with Gasteiger partial charge in [0.05, 0.1) is 11.0 Å². The molecule has 0 saturated heterocycles. The minimum absolute atomic E-state index is 0.0700. The topological polar surface area (TPSA) is 55.2 Å². The number of nitrogens with one attached hydrogen (secondary N) is 1. The molecule has 1 atom stereocenters. The molecule has 7 heteroatoms. The third kappa shape index (κ3) is 3.71. The molecule has 0 unspecified atom stereocenters. The van der Waals surface area contributed by atoms with Crippen LogP contribution in [0.1, 0.15) is 18.5 Å². The lowest BCUT2D eigenvalue weighted by Gasteiger charge is -2.16. The zero-order valence-corrected chi connectivity index (χ0v) is 13.3. The van der Waals surface area contributed by atoms with E-state index in [-0.39, 0.29) is 5.69 Å². The van der Waals surface area contributed by atoms with Crippen LogP contribution in [0, 0.1) is 15.9 Å². The van der Waals surface area contributed by atoms with Gasteiger partial charge in [0.1, 0.15) is 11.5 Å². The van der Waals surface area contributed by atoms with Gasteiger partial charge < -0.3 is 5.32 Å². The van der Waals surface area contributed by atoms with Crippen LogP contribution in [0.15, 0.2) is 40.9 Å². The monoisotopic (exact) mass is 372 g/mol. The maximum atomic E-state index is 13.9. The standard InChI is InChI=1S/C14H11BrClFN2O2/c1-8(11-4-3-10(16)7-12(11)17)18-13-6-9(15)2-5-14(13)19(20)21/h2-8,18H,1H3/t8-/m1/s1. The molecule has 0 spiro atoms. The second kappa shape index (κ2) is 6.41. The zero-order chi connectivity index (χ0) is 15.6. The minimum Gasteiger partial charge on any atom is -0.373 e. The molecule has 0 radical (unpaired) electrons.